The van der Waals surface area contributed by atoms with E-state index in [1.165, 1.54) is 12.1 Å². The van der Waals surface area contributed by atoms with E-state index in [0.717, 1.165) is 5.56 Å². The fourth-order valence-electron chi connectivity index (χ4n) is 4.23. The summed E-state index contributed by atoms with van der Waals surface area (Å²) in [5, 5.41) is 0.212. The number of imidazole rings is 1. The molecule has 0 radical (unpaired) electrons. The summed E-state index contributed by atoms with van der Waals surface area (Å²) in [7, 11) is 0. The van der Waals surface area contributed by atoms with Gasteiger partial charge in [-0.05, 0) is 58.4 Å². The first kappa shape index (κ1) is 34.1. The van der Waals surface area contributed by atoms with Crippen molar-refractivity contribution in [1.82, 2.24) is 14.3 Å². The fourth-order valence-corrected chi connectivity index (χ4v) is 4.23. The molecule has 9 heteroatoms. The van der Waals surface area contributed by atoms with Crippen molar-refractivity contribution in [2.24, 2.45) is 0 Å². The number of hydrogen-bond acceptors (Lipinski definition) is 6. The molecule has 1 aliphatic heterocycles. The van der Waals surface area contributed by atoms with Gasteiger partial charge in [0.05, 0.1) is 16.6 Å². The second-order valence-electron chi connectivity index (χ2n) is 10.2. The van der Waals surface area contributed by atoms with E-state index in [9.17, 15) is 9.59 Å². The average Bonchev–Trinajstić information content (AvgIpc) is 3.37. The molecule has 0 N–H and O–H groups in total. The maximum Gasteiger partial charge on any atom is 0.410 e. The van der Waals surface area contributed by atoms with Gasteiger partial charge in [0.25, 0.3) is 0 Å². The molecule has 4 heterocycles. The molecule has 228 valence electrons. The van der Waals surface area contributed by atoms with Gasteiger partial charge in [-0.2, -0.15) is 0 Å². The molecule has 3 aromatic heterocycles. The molecule has 42 heavy (non-hydrogen) atoms. The molecule has 0 spiro atoms. The van der Waals surface area contributed by atoms with Crippen LogP contribution in [0.25, 0.3) is 27.9 Å². The smallest absolute Gasteiger partial charge is 0.410 e. The van der Waals surface area contributed by atoms with Crippen LogP contribution in [0.15, 0.2) is 64.6 Å². The van der Waals surface area contributed by atoms with Crippen LogP contribution in [0.3, 0.4) is 0 Å². The Kier molecular flexibility index (Phi) is 12.3. The molecule has 1 amide bonds. The topological polar surface area (TPSA) is 80.3 Å². The Bertz CT molecular complexity index is 1540. The van der Waals surface area contributed by atoms with E-state index in [4.69, 9.17) is 9.15 Å². The number of benzene rings is 1. The summed E-state index contributed by atoms with van der Waals surface area (Å²) in [5.74, 6) is -0.489. The van der Waals surface area contributed by atoms with E-state index in [1.54, 1.807) is 23.2 Å². The van der Waals surface area contributed by atoms with Crippen molar-refractivity contribution in [3.05, 3.63) is 77.2 Å². The van der Waals surface area contributed by atoms with Crippen LogP contribution in [0.4, 0.5) is 14.9 Å². The van der Waals surface area contributed by atoms with Gasteiger partial charge in [-0.25, -0.2) is 19.0 Å². The molecular formula is C33H45FN4O4. The number of carbonyl (C=O) groups is 1. The molecule has 4 aromatic rings. The highest BCUT2D eigenvalue weighted by atomic mass is 19.1. The lowest BCUT2D eigenvalue weighted by molar-refractivity contribution is 0.0240. The van der Waals surface area contributed by atoms with Crippen LogP contribution in [0.2, 0.25) is 0 Å². The summed E-state index contributed by atoms with van der Waals surface area (Å²) in [6, 6.07) is 8.39. The van der Waals surface area contributed by atoms with Gasteiger partial charge in [0.15, 0.2) is 0 Å². The first-order chi connectivity index (χ1) is 20.0. The molecule has 1 saturated heterocycles. The number of allylic oxidation sites excluding steroid dienone is 1. The van der Waals surface area contributed by atoms with Gasteiger partial charge in [0, 0.05) is 50.3 Å². The molecule has 0 atom stereocenters. The summed E-state index contributed by atoms with van der Waals surface area (Å²) in [6.45, 7) is 22.6. The third kappa shape index (κ3) is 8.44. The van der Waals surface area contributed by atoms with E-state index in [1.807, 2.05) is 89.9 Å². The Labute approximate surface area is 248 Å². The fraction of sp³-hybridized carbons (Fsp3) is 0.424. The van der Waals surface area contributed by atoms with Crippen LogP contribution >= 0.6 is 0 Å². The first-order valence-corrected chi connectivity index (χ1v) is 14.5. The molecule has 0 bridgehead atoms. The van der Waals surface area contributed by atoms with Crippen molar-refractivity contribution in [3.63, 3.8) is 0 Å². The van der Waals surface area contributed by atoms with E-state index in [2.05, 4.69) is 11.6 Å². The van der Waals surface area contributed by atoms with Crippen LogP contribution in [-0.2, 0) is 4.74 Å². The molecule has 8 nitrogen and oxygen atoms in total. The molecule has 1 fully saturated rings. The Hall–Kier alpha value is -4.14. The maximum atomic E-state index is 15.2. The third-order valence-electron chi connectivity index (χ3n) is 5.96. The van der Waals surface area contributed by atoms with E-state index >= 15 is 4.39 Å². The monoisotopic (exact) mass is 580 g/mol. The lowest BCUT2D eigenvalue weighted by Gasteiger charge is -2.36. The number of amides is 1. The van der Waals surface area contributed by atoms with Crippen molar-refractivity contribution in [2.45, 2.75) is 67.9 Å². The molecule has 0 saturated carbocycles. The lowest BCUT2D eigenvalue weighted by atomic mass is 10.1. The summed E-state index contributed by atoms with van der Waals surface area (Å²) >= 11 is 0. The number of nitrogens with zero attached hydrogens (tertiary/aromatic N) is 4. The first-order valence-electron chi connectivity index (χ1n) is 14.5. The number of aryl methyl sites for hydroxylation is 1. The van der Waals surface area contributed by atoms with Gasteiger partial charge in [0.2, 0.25) is 0 Å². The quantitative estimate of drug-likeness (QED) is 0.177. The number of halogens is 1. The minimum absolute atomic E-state index is 0.169. The summed E-state index contributed by atoms with van der Waals surface area (Å²) in [4.78, 5) is 33.2. The van der Waals surface area contributed by atoms with Gasteiger partial charge in [0.1, 0.15) is 22.6 Å². The number of aromatic nitrogens is 2. The van der Waals surface area contributed by atoms with Crippen LogP contribution in [0.5, 0.6) is 0 Å². The highest BCUT2D eigenvalue weighted by Gasteiger charge is 2.26. The number of carbonyl (C=O) groups excluding carboxylic acids is 1. The molecule has 1 aliphatic rings. The molecule has 0 aliphatic carbocycles. The Morgan fingerprint density at radius 1 is 1.05 bits per heavy atom. The van der Waals surface area contributed by atoms with Gasteiger partial charge in [-0.3, -0.25) is 0 Å². The number of rotatable bonds is 2. The summed E-state index contributed by atoms with van der Waals surface area (Å²) < 4.78 is 28.0. The average molecular weight is 581 g/mol. The van der Waals surface area contributed by atoms with E-state index in [0.29, 0.717) is 43.2 Å². The molecule has 5 rings (SSSR count). The number of ether oxygens (including phenoxy) is 1. The van der Waals surface area contributed by atoms with Gasteiger partial charge >= 0.3 is 11.7 Å². The van der Waals surface area contributed by atoms with Crippen LogP contribution < -0.4 is 10.5 Å². The highest BCUT2D eigenvalue weighted by Crippen LogP contribution is 2.28. The van der Waals surface area contributed by atoms with Crippen molar-refractivity contribution >= 4 is 28.4 Å². The van der Waals surface area contributed by atoms with Crippen molar-refractivity contribution in [1.29, 1.82) is 0 Å². The number of hydrogen-bond donors (Lipinski definition) is 0. The zero-order chi connectivity index (χ0) is 31.6. The molecule has 0 unspecified atom stereocenters. The Morgan fingerprint density at radius 2 is 1.67 bits per heavy atom. The predicted molar refractivity (Wildman–Crippen MR) is 170 cm³/mol. The van der Waals surface area contributed by atoms with Crippen molar-refractivity contribution in [2.75, 3.05) is 31.1 Å². The van der Waals surface area contributed by atoms with Crippen LogP contribution in [0, 0.1) is 12.7 Å². The molecule has 1 aromatic carbocycles. The maximum absolute atomic E-state index is 15.2. The Balaban J connectivity index is 0.000000813. The number of piperazine rings is 1. The zero-order valence-electron chi connectivity index (χ0n) is 26.5. The standard InChI is InChI=1S/C26H27FN4O4.C3H6.2C2H6/c1-16-5-6-23-28-21(15-31(23)14-16)19-13-18-20(27)11-17(12-22(18)34-24(19)32)29-7-9-30(10-8-29)25(33)35-26(2,3)4;1-3-2;2*1-2/h5-6,11-15H,7-10H2,1-4H3;3H,1H2,2H3;2*1-2H3. The second-order valence-corrected chi connectivity index (χ2v) is 10.2. The third-order valence-corrected chi connectivity index (χ3v) is 5.96. The number of pyridine rings is 1. The van der Waals surface area contributed by atoms with Crippen molar-refractivity contribution in [3.8, 4) is 11.3 Å². The summed E-state index contributed by atoms with van der Waals surface area (Å²) in [6.07, 6.45) is 5.03. The SMILES string of the molecule is C=CC.CC.CC.Cc1ccc2nc(-c3cc4c(F)cc(N5CCN(C(=O)OC(C)(C)C)CC5)cc4oc3=O)cn2c1. The number of anilines is 1. The van der Waals surface area contributed by atoms with Gasteiger partial charge in [-0.15, -0.1) is 6.58 Å². The Morgan fingerprint density at radius 3 is 2.26 bits per heavy atom. The molecular weight excluding hydrogens is 535 g/mol. The minimum atomic E-state index is -0.580. The highest BCUT2D eigenvalue weighted by molar-refractivity contribution is 5.85. The predicted octanol–water partition coefficient (Wildman–Crippen LogP) is 7.86. The van der Waals surface area contributed by atoms with Gasteiger partial charge < -0.3 is 23.4 Å². The zero-order valence-corrected chi connectivity index (χ0v) is 26.5. The van der Waals surface area contributed by atoms with Gasteiger partial charge in [-0.1, -0.05) is 39.8 Å². The van der Waals surface area contributed by atoms with E-state index < -0.39 is 17.0 Å². The van der Waals surface area contributed by atoms with E-state index in [-0.39, 0.29) is 22.6 Å². The van der Waals surface area contributed by atoms with Crippen molar-refractivity contribution < 1.29 is 18.3 Å². The minimum Gasteiger partial charge on any atom is -0.444 e. The van der Waals surface area contributed by atoms with Crippen LogP contribution in [-0.4, -0.2) is 52.2 Å². The largest absolute Gasteiger partial charge is 0.444 e. The second kappa shape index (κ2) is 15.2. The number of fused-ring (bicyclic) bond motifs is 2. The normalized spacial score (nSPS) is 12.8. The lowest BCUT2D eigenvalue weighted by Crippen LogP contribution is -2.50. The summed E-state index contributed by atoms with van der Waals surface area (Å²) in [5.41, 5.74) is 1.99. The van der Waals surface area contributed by atoms with Crippen LogP contribution in [0.1, 0.15) is 61.0 Å².